The summed E-state index contributed by atoms with van der Waals surface area (Å²) in [6, 6.07) is 20.9. The molecular weight excluding hydrogens is 682 g/mol. The first-order valence-electron chi connectivity index (χ1n) is 17.6. The van der Waals surface area contributed by atoms with E-state index in [9.17, 15) is 24.9 Å². The molecule has 2 unspecified atom stereocenters. The number of unbranched alkanes of at least 4 members (excludes halogenated alkanes) is 1. The summed E-state index contributed by atoms with van der Waals surface area (Å²) in [6.07, 6.45) is 1.44. The van der Waals surface area contributed by atoms with Crippen molar-refractivity contribution < 1.29 is 53.6 Å². The molecule has 2 atom stereocenters. The van der Waals surface area contributed by atoms with Gasteiger partial charge in [0, 0.05) is 63.9 Å². The number of ether oxygens (including phenoxy) is 4. The SMILES string of the molecule is CC(C)(COCCCCC(=O)Nc1ccc2c(c1)C1(OC2=O)c2ccc(O)cc2Oc2cc(O)ccc21)C12OOC1(c1cccc(O)c1)OCC2(C)C. The van der Waals surface area contributed by atoms with E-state index in [-0.39, 0.29) is 41.1 Å². The summed E-state index contributed by atoms with van der Waals surface area (Å²) >= 11 is 0. The van der Waals surface area contributed by atoms with E-state index in [2.05, 4.69) is 33.0 Å². The number of nitrogens with one attached hydrogen (secondary N) is 1. The molecule has 4 aromatic rings. The number of phenolic OH excluding ortho intramolecular Hbond substituents is 3. The largest absolute Gasteiger partial charge is 0.508 e. The summed E-state index contributed by atoms with van der Waals surface area (Å²) < 4.78 is 24.6. The lowest BCUT2D eigenvalue weighted by Crippen LogP contribution is -2.74. The first-order chi connectivity index (χ1) is 25.2. The average molecular weight is 724 g/mol. The molecule has 2 fully saturated rings. The van der Waals surface area contributed by atoms with Gasteiger partial charge < -0.3 is 39.6 Å². The Labute approximate surface area is 306 Å². The van der Waals surface area contributed by atoms with Crippen LogP contribution in [0.1, 0.15) is 79.6 Å². The summed E-state index contributed by atoms with van der Waals surface area (Å²) in [7, 11) is 0. The number of fused-ring (bicyclic) bond motifs is 7. The number of aromatic hydroxyl groups is 3. The molecule has 4 N–H and O–H groups in total. The van der Waals surface area contributed by atoms with Crippen molar-refractivity contribution in [2.75, 3.05) is 25.1 Å². The van der Waals surface area contributed by atoms with E-state index in [4.69, 9.17) is 28.7 Å². The fraction of sp³-hybridized carbons (Fsp3) is 0.366. The van der Waals surface area contributed by atoms with E-state index in [1.807, 2.05) is 6.07 Å². The quantitative estimate of drug-likeness (QED) is 0.0748. The molecule has 1 amide bonds. The number of phenols is 3. The summed E-state index contributed by atoms with van der Waals surface area (Å²) in [5.74, 6) is -1.37. The van der Waals surface area contributed by atoms with Gasteiger partial charge >= 0.3 is 5.97 Å². The number of anilines is 1. The number of esters is 1. The summed E-state index contributed by atoms with van der Waals surface area (Å²) in [5.41, 5.74) is -0.364. The van der Waals surface area contributed by atoms with Crippen LogP contribution in [0.15, 0.2) is 78.9 Å². The van der Waals surface area contributed by atoms with Gasteiger partial charge in [0.05, 0.1) is 18.8 Å². The molecule has 8 rings (SSSR count). The minimum atomic E-state index is -1.43. The van der Waals surface area contributed by atoms with Gasteiger partial charge in [0.25, 0.3) is 5.79 Å². The van der Waals surface area contributed by atoms with Crippen LogP contribution < -0.4 is 10.1 Å². The number of carbonyl (C=O) groups is 2. The highest BCUT2D eigenvalue weighted by Crippen LogP contribution is 2.69. The molecule has 4 heterocycles. The van der Waals surface area contributed by atoms with Gasteiger partial charge in [-0.3, -0.25) is 4.79 Å². The van der Waals surface area contributed by atoms with Gasteiger partial charge in [-0.1, -0.05) is 39.8 Å². The van der Waals surface area contributed by atoms with Gasteiger partial charge in [-0.2, -0.15) is 4.89 Å². The number of hydrogen-bond donors (Lipinski definition) is 4. The number of carbonyl (C=O) groups excluding carboxylic acids is 2. The average Bonchev–Trinajstić information content (AvgIpc) is 3.45. The van der Waals surface area contributed by atoms with E-state index in [0.29, 0.717) is 66.2 Å². The highest BCUT2D eigenvalue weighted by Gasteiger charge is 2.82. The van der Waals surface area contributed by atoms with Crippen molar-refractivity contribution >= 4 is 17.6 Å². The van der Waals surface area contributed by atoms with Gasteiger partial charge in [-0.25, -0.2) is 9.68 Å². The highest BCUT2D eigenvalue weighted by atomic mass is 17.3. The van der Waals surface area contributed by atoms with Crippen molar-refractivity contribution in [3.05, 3.63) is 107 Å². The van der Waals surface area contributed by atoms with Gasteiger partial charge in [-0.05, 0) is 67.4 Å². The normalized spacial score (nSPS) is 22.8. The molecule has 276 valence electrons. The number of rotatable bonds is 10. The Morgan fingerprint density at radius 1 is 0.849 bits per heavy atom. The lowest BCUT2D eigenvalue weighted by Gasteiger charge is -2.61. The van der Waals surface area contributed by atoms with Gasteiger partial charge in [0.2, 0.25) is 5.91 Å². The fourth-order valence-corrected chi connectivity index (χ4v) is 8.71. The summed E-state index contributed by atoms with van der Waals surface area (Å²) in [6.45, 7) is 9.41. The Balaban J connectivity index is 0.919. The molecular formula is C41H41NO11. The van der Waals surface area contributed by atoms with Crippen molar-refractivity contribution in [1.82, 2.24) is 0 Å². The fourth-order valence-electron chi connectivity index (χ4n) is 8.71. The minimum Gasteiger partial charge on any atom is -0.508 e. The maximum atomic E-state index is 13.3. The molecule has 0 aliphatic carbocycles. The second kappa shape index (κ2) is 12.2. The highest BCUT2D eigenvalue weighted by molar-refractivity contribution is 5.99. The van der Waals surface area contributed by atoms with Crippen molar-refractivity contribution in [3.8, 4) is 28.7 Å². The molecule has 0 radical (unpaired) electrons. The zero-order valence-electron chi connectivity index (χ0n) is 29.9. The minimum absolute atomic E-state index is 0.0387. The standard InChI is InChI=1S/C41H41NO11/c1-37(2,41-38(3,4)23-49-40(41,52-53-41)24-8-7-9-26(43)18-24)22-48-17-6-5-10-35(46)42-25-11-14-29-32(19-25)39(51-36(29)47)30-15-12-27(44)20-33(30)50-34-21-28(45)13-16-31(34)39/h7-9,11-16,18-21,43-45H,5-6,10,17,22-23H2,1-4H3,(H,42,46). The lowest BCUT2D eigenvalue weighted by atomic mass is 9.57. The van der Waals surface area contributed by atoms with Gasteiger partial charge in [0.15, 0.2) is 11.2 Å². The van der Waals surface area contributed by atoms with Crippen molar-refractivity contribution in [3.63, 3.8) is 0 Å². The Kier molecular flexibility index (Phi) is 8.04. The van der Waals surface area contributed by atoms with Gasteiger partial charge in [-0.15, -0.1) is 0 Å². The molecule has 0 aromatic heterocycles. The molecule has 1 spiro atoms. The Morgan fingerprint density at radius 2 is 1.55 bits per heavy atom. The van der Waals surface area contributed by atoms with E-state index in [0.717, 1.165) is 0 Å². The topological polar surface area (TPSA) is 162 Å². The number of hydrogen-bond acceptors (Lipinski definition) is 11. The Bertz CT molecular complexity index is 2090. The number of benzene rings is 4. The van der Waals surface area contributed by atoms with E-state index in [1.165, 1.54) is 24.3 Å². The predicted molar refractivity (Wildman–Crippen MR) is 190 cm³/mol. The van der Waals surface area contributed by atoms with Crippen LogP contribution in [0.3, 0.4) is 0 Å². The molecule has 53 heavy (non-hydrogen) atoms. The first kappa shape index (κ1) is 34.9. The van der Waals surface area contributed by atoms with Gasteiger partial charge in [0.1, 0.15) is 28.7 Å². The molecule has 4 aliphatic rings. The monoisotopic (exact) mass is 723 g/mol. The molecule has 4 aliphatic heterocycles. The maximum absolute atomic E-state index is 13.3. The molecule has 4 aromatic carbocycles. The van der Waals surface area contributed by atoms with Crippen molar-refractivity contribution in [2.24, 2.45) is 10.8 Å². The van der Waals surface area contributed by atoms with Crippen LogP contribution in [0.4, 0.5) is 5.69 Å². The lowest BCUT2D eigenvalue weighted by molar-refractivity contribution is -0.628. The molecule has 0 saturated carbocycles. The van der Waals surface area contributed by atoms with Crippen LogP contribution in [-0.2, 0) is 40.2 Å². The molecule has 12 nitrogen and oxygen atoms in total. The smallest absolute Gasteiger partial charge is 0.340 e. The van der Waals surface area contributed by atoms with E-state index < -0.39 is 33.8 Å². The van der Waals surface area contributed by atoms with Crippen LogP contribution in [-0.4, -0.2) is 52.6 Å². The second-order valence-corrected chi connectivity index (χ2v) is 15.4. The first-order valence-corrected chi connectivity index (χ1v) is 17.6. The Morgan fingerprint density at radius 3 is 2.21 bits per heavy atom. The molecule has 2 saturated heterocycles. The van der Waals surface area contributed by atoms with Crippen LogP contribution in [0, 0.1) is 10.8 Å². The van der Waals surface area contributed by atoms with E-state index >= 15 is 0 Å². The second-order valence-electron chi connectivity index (χ2n) is 15.4. The van der Waals surface area contributed by atoms with Crippen LogP contribution in [0.2, 0.25) is 0 Å². The molecule has 0 bridgehead atoms. The zero-order valence-corrected chi connectivity index (χ0v) is 29.9. The van der Waals surface area contributed by atoms with Crippen LogP contribution >= 0.6 is 0 Å². The Hall–Kier alpha value is -5.14. The van der Waals surface area contributed by atoms with Crippen molar-refractivity contribution in [1.29, 1.82) is 0 Å². The third-order valence-corrected chi connectivity index (χ3v) is 11.0. The van der Waals surface area contributed by atoms with Crippen LogP contribution in [0.25, 0.3) is 0 Å². The molecule has 12 heteroatoms. The number of amides is 1. The summed E-state index contributed by atoms with van der Waals surface area (Å²) in [5, 5.41) is 33.5. The zero-order chi connectivity index (χ0) is 37.4. The third kappa shape index (κ3) is 5.11. The maximum Gasteiger partial charge on any atom is 0.340 e. The van der Waals surface area contributed by atoms with Crippen molar-refractivity contribution in [2.45, 2.75) is 63.9 Å². The van der Waals surface area contributed by atoms with Crippen LogP contribution in [0.5, 0.6) is 28.7 Å². The van der Waals surface area contributed by atoms with E-state index in [1.54, 1.807) is 48.5 Å². The third-order valence-electron chi connectivity index (χ3n) is 11.0. The predicted octanol–water partition coefficient (Wildman–Crippen LogP) is 7.13. The summed E-state index contributed by atoms with van der Waals surface area (Å²) in [4.78, 5) is 38.2.